The van der Waals surface area contributed by atoms with Crippen LogP contribution in [-0.4, -0.2) is 41.0 Å². The number of carbonyl (C=O) groups excluding carboxylic acids is 1. The summed E-state index contributed by atoms with van der Waals surface area (Å²) in [5.74, 6) is 0.178. The maximum absolute atomic E-state index is 13.7. The lowest BCUT2D eigenvalue weighted by molar-refractivity contribution is 0.0434. The average Bonchev–Trinajstić information content (AvgIpc) is 3.12. The molecule has 162 valence electrons. The summed E-state index contributed by atoms with van der Waals surface area (Å²) >= 11 is 0. The van der Waals surface area contributed by atoms with Gasteiger partial charge in [0, 0.05) is 40.3 Å². The lowest BCUT2D eigenvalue weighted by atomic mass is 9.87. The van der Waals surface area contributed by atoms with Gasteiger partial charge in [0.15, 0.2) is 0 Å². The molecule has 1 aliphatic carbocycles. The molecule has 0 radical (unpaired) electrons. The number of primary amides is 1. The molecule has 2 aromatic carbocycles. The van der Waals surface area contributed by atoms with Gasteiger partial charge in [-0.15, -0.1) is 0 Å². The molecule has 2 aliphatic rings. The van der Waals surface area contributed by atoms with E-state index in [9.17, 15) is 9.18 Å². The molecule has 2 heterocycles. The van der Waals surface area contributed by atoms with Gasteiger partial charge in [0.2, 0.25) is 5.91 Å². The Morgan fingerprint density at radius 2 is 2.10 bits per heavy atom. The highest BCUT2D eigenvalue weighted by Crippen LogP contribution is 2.34. The van der Waals surface area contributed by atoms with Crippen LogP contribution in [0.25, 0.3) is 10.9 Å². The summed E-state index contributed by atoms with van der Waals surface area (Å²) in [6.45, 7) is 1.58. The van der Waals surface area contributed by atoms with Gasteiger partial charge in [0.05, 0.1) is 0 Å². The van der Waals surface area contributed by atoms with Gasteiger partial charge >= 0.3 is 0 Å². The number of nitrogens with one attached hydrogen (secondary N) is 1. The number of amides is 1. The van der Waals surface area contributed by atoms with Gasteiger partial charge in [0.1, 0.15) is 18.2 Å². The Labute approximate surface area is 181 Å². The summed E-state index contributed by atoms with van der Waals surface area (Å²) in [6.07, 6.45) is 8.34. The zero-order valence-electron chi connectivity index (χ0n) is 17.6. The van der Waals surface area contributed by atoms with Crippen molar-refractivity contribution in [3.05, 3.63) is 65.1 Å². The van der Waals surface area contributed by atoms with Gasteiger partial charge in [-0.25, -0.2) is 4.39 Å². The van der Waals surface area contributed by atoms with Crippen LogP contribution in [0, 0.1) is 5.82 Å². The SMILES string of the molecule is NC(=O)c1cccc2c1C[C@@H](N(CCCc1c[nH]c3ccc(F)cc13)C1CCC1)CO2. The second-order valence-corrected chi connectivity index (χ2v) is 8.75. The van der Waals surface area contributed by atoms with Crippen LogP contribution in [0.3, 0.4) is 0 Å². The van der Waals surface area contributed by atoms with E-state index < -0.39 is 5.91 Å². The van der Waals surface area contributed by atoms with E-state index in [1.807, 2.05) is 18.3 Å². The number of hydrogen-bond acceptors (Lipinski definition) is 3. The Morgan fingerprint density at radius 1 is 1.23 bits per heavy atom. The Morgan fingerprint density at radius 3 is 2.87 bits per heavy atom. The third-order valence-corrected chi connectivity index (χ3v) is 6.87. The van der Waals surface area contributed by atoms with Crippen LogP contribution in [0.2, 0.25) is 0 Å². The van der Waals surface area contributed by atoms with Gasteiger partial charge in [-0.1, -0.05) is 12.5 Å². The number of ether oxygens (including phenoxy) is 1. The number of benzene rings is 2. The maximum atomic E-state index is 13.7. The molecule has 0 spiro atoms. The van der Waals surface area contributed by atoms with Crippen LogP contribution >= 0.6 is 0 Å². The minimum atomic E-state index is -0.400. The van der Waals surface area contributed by atoms with Crippen molar-refractivity contribution < 1.29 is 13.9 Å². The molecule has 6 heteroatoms. The number of H-pyrrole nitrogens is 1. The predicted octanol–water partition coefficient (Wildman–Crippen LogP) is 4.20. The van der Waals surface area contributed by atoms with Crippen LogP contribution in [0.4, 0.5) is 4.39 Å². The van der Waals surface area contributed by atoms with Crippen molar-refractivity contribution >= 4 is 16.8 Å². The zero-order chi connectivity index (χ0) is 21.4. The topological polar surface area (TPSA) is 71.4 Å². The fourth-order valence-corrected chi connectivity index (χ4v) is 5.03. The van der Waals surface area contributed by atoms with E-state index in [1.165, 1.54) is 25.3 Å². The quantitative estimate of drug-likeness (QED) is 0.601. The Balaban J connectivity index is 1.30. The van der Waals surface area contributed by atoms with Crippen molar-refractivity contribution in [3.8, 4) is 5.75 Å². The molecule has 1 aliphatic heterocycles. The number of rotatable bonds is 7. The Bertz CT molecular complexity index is 1110. The molecular weight excluding hydrogens is 393 g/mol. The highest BCUT2D eigenvalue weighted by atomic mass is 19.1. The maximum Gasteiger partial charge on any atom is 0.249 e. The van der Waals surface area contributed by atoms with E-state index in [0.29, 0.717) is 18.2 Å². The molecule has 1 amide bonds. The highest BCUT2D eigenvalue weighted by Gasteiger charge is 2.34. The number of nitrogens with two attached hydrogens (primary N) is 1. The number of fused-ring (bicyclic) bond motifs is 2. The first-order valence-corrected chi connectivity index (χ1v) is 11.2. The third kappa shape index (κ3) is 3.92. The number of halogens is 1. The van der Waals surface area contributed by atoms with E-state index in [2.05, 4.69) is 9.88 Å². The van der Waals surface area contributed by atoms with Crippen LogP contribution < -0.4 is 10.5 Å². The number of aryl methyl sites for hydroxylation is 1. The predicted molar refractivity (Wildman–Crippen MR) is 119 cm³/mol. The largest absolute Gasteiger partial charge is 0.492 e. The van der Waals surface area contributed by atoms with Crippen LogP contribution in [0.15, 0.2) is 42.6 Å². The molecule has 0 unspecified atom stereocenters. The molecule has 5 nitrogen and oxygen atoms in total. The summed E-state index contributed by atoms with van der Waals surface area (Å²) in [7, 11) is 0. The van der Waals surface area contributed by atoms with Crippen molar-refractivity contribution in [1.29, 1.82) is 0 Å². The summed E-state index contributed by atoms with van der Waals surface area (Å²) < 4.78 is 19.7. The summed E-state index contributed by atoms with van der Waals surface area (Å²) in [6, 6.07) is 11.2. The van der Waals surface area contributed by atoms with E-state index in [-0.39, 0.29) is 11.9 Å². The normalized spacial score (nSPS) is 18.6. The second kappa shape index (κ2) is 8.35. The first-order chi connectivity index (χ1) is 15.1. The van der Waals surface area contributed by atoms with Gasteiger partial charge in [0.25, 0.3) is 0 Å². The monoisotopic (exact) mass is 421 g/mol. The number of aromatic nitrogens is 1. The zero-order valence-corrected chi connectivity index (χ0v) is 17.6. The van der Waals surface area contributed by atoms with Gasteiger partial charge in [-0.2, -0.15) is 0 Å². The van der Waals surface area contributed by atoms with E-state index >= 15 is 0 Å². The minimum absolute atomic E-state index is 0.201. The van der Waals surface area contributed by atoms with Crippen molar-refractivity contribution in [3.63, 3.8) is 0 Å². The molecule has 1 atom stereocenters. The van der Waals surface area contributed by atoms with E-state index in [1.54, 1.807) is 18.2 Å². The fourth-order valence-electron chi connectivity index (χ4n) is 5.03. The molecule has 0 saturated heterocycles. The number of nitrogens with zero attached hydrogens (tertiary/aromatic N) is 1. The molecule has 5 rings (SSSR count). The number of aromatic amines is 1. The molecule has 1 saturated carbocycles. The Kier molecular flexibility index (Phi) is 5.40. The standard InChI is InChI=1S/C25H28FN3O2/c26-17-9-10-23-21(12-17)16(14-28-23)4-3-11-29(18-5-1-6-18)19-13-22-20(25(27)30)7-2-8-24(22)31-15-19/h2,7-10,12,14,18-19,28H,1,3-6,11,13,15H2,(H2,27,30)/t19-/m1/s1. The molecule has 3 aromatic rings. The fraction of sp³-hybridized carbons (Fsp3) is 0.400. The average molecular weight is 422 g/mol. The van der Waals surface area contributed by atoms with Crippen molar-refractivity contribution in [1.82, 2.24) is 9.88 Å². The molecule has 1 aromatic heterocycles. The molecule has 1 fully saturated rings. The summed E-state index contributed by atoms with van der Waals surface area (Å²) in [5.41, 5.74) is 9.24. The van der Waals surface area contributed by atoms with Gasteiger partial charge in [-0.05, 0) is 74.5 Å². The van der Waals surface area contributed by atoms with Gasteiger partial charge < -0.3 is 15.5 Å². The van der Waals surface area contributed by atoms with Crippen LogP contribution in [0.1, 0.15) is 47.2 Å². The minimum Gasteiger partial charge on any atom is -0.492 e. The summed E-state index contributed by atoms with van der Waals surface area (Å²) in [5, 5.41) is 0.969. The van der Waals surface area contributed by atoms with E-state index in [0.717, 1.165) is 53.6 Å². The van der Waals surface area contributed by atoms with Gasteiger partial charge in [-0.3, -0.25) is 9.69 Å². The number of carbonyl (C=O) groups is 1. The molecule has 0 bridgehead atoms. The highest BCUT2D eigenvalue weighted by molar-refractivity contribution is 5.95. The molecule has 3 N–H and O–H groups in total. The summed E-state index contributed by atoms with van der Waals surface area (Å²) in [4.78, 5) is 17.7. The van der Waals surface area contributed by atoms with Crippen LogP contribution in [-0.2, 0) is 12.8 Å². The van der Waals surface area contributed by atoms with Crippen molar-refractivity contribution in [2.45, 2.75) is 50.6 Å². The smallest absolute Gasteiger partial charge is 0.249 e. The van der Waals surface area contributed by atoms with Crippen molar-refractivity contribution in [2.75, 3.05) is 13.2 Å². The Hall–Kier alpha value is -2.86. The lowest BCUT2D eigenvalue weighted by Gasteiger charge is -2.44. The molecule has 31 heavy (non-hydrogen) atoms. The van der Waals surface area contributed by atoms with E-state index in [4.69, 9.17) is 10.5 Å². The third-order valence-electron chi connectivity index (χ3n) is 6.87. The van der Waals surface area contributed by atoms with Crippen molar-refractivity contribution in [2.24, 2.45) is 5.73 Å². The molecular formula is C25H28FN3O2. The number of hydrogen-bond donors (Lipinski definition) is 2. The lowest BCUT2D eigenvalue weighted by Crippen LogP contribution is -2.51. The first kappa shape index (κ1) is 20.1. The first-order valence-electron chi connectivity index (χ1n) is 11.2. The second-order valence-electron chi connectivity index (χ2n) is 8.75. The van der Waals surface area contributed by atoms with Crippen LogP contribution in [0.5, 0.6) is 5.75 Å².